The molecule has 220 valence electrons. The van der Waals surface area contributed by atoms with E-state index in [-0.39, 0.29) is 30.2 Å². The predicted molar refractivity (Wildman–Crippen MR) is 150 cm³/mol. The molecule has 2 heterocycles. The number of aromatic nitrogens is 1. The smallest absolute Gasteiger partial charge is 0.407 e. The number of likely N-dealkylation sites (tertiary alicyclic amines) is 1. The molecule has 2 N–H and O–H groups in total. The van der Waals surface area contributed by atoms with E-state index >= 15 is 4.39 Å². The Morgan fingerprint density at radius 3 is 2.41 bits per heavy atom. The first-order chi connectivity index (χ1) is 19.3. The Morgan fingerprint density at radius 2 is 1.83 bits per heavy atom. The van der Waals surface area contributed by atoms with Crippen molar-refractivity contribution in [2.24, 2.45) is 11.3 Å². The molecule has 1 saturated heterocycles. The van der Waals surface area contributed by atoms with Gasteiger partial charge in [-0.2, -0.15) is 0 Å². The van der Waals surface area contributed by atoms with Crippen LogP contribution in [-0.4, -0.2) is 68.9 Å². The van der Waals surface area contributed by atoms with Crippen molar-refractivity contribution in [2.75, 3.05) is 19.6 Å². The summed E-state index contributed by atoms with van der Waals surface area (Å²) >= 11 is 1.18. The number of halogens is 3. The van der Waals surface area contributed by atoms with E-state index < -0.39 is 53.3 Å². The first-order valence-corrected chi connectivity index (χ1v) is 14.2. The fraction of sp³-hybridized carbons (Fsp3) is 0.433. The van der Waals surface area contributed by atoms with Crippen LogP contribution in [-0.2, 0) is 11.2 Å². The van der Waals surface area contributed by atoms with Gasteiger partial charge in [-0.1, -0.05) is 51.1 Å². The van der Waals surface area contributed by atoms with E-state index in [1.54, 1.807) is 0 Å². The normalized spacial score (nSPS) is 18.8. The molecule has 3 aromatic rings. The van der Waals surface area contributed by atoms with Crippen LogP contribution in [0.25, 0.3) is 10.6 Å². The second-order valence-electron chi connectivity index (χ2n) is 11.5. The lowest BCUT2D eigenvalue weighted by Gasteiger charge is -2.41. The Labute approximate surface area is 241 Å². The maximum absolute atomic E-state index is 15.1. The number of benzene rings is 2. The van der Waals surface area contributed by atoms with Crippen LogP contribution in [0.1, 0.15) is 49.9 Å². The number of thiazole rings is 1. The van der Waals surface area contributed by atoms with E-state index in [0.29, 0.717) is 17.0 Å². The fourth-order valence-corrected chi connectivity index (χ4v) is 6.41. The van der Waals surface area contributed by atoms with Crippen LogP contribution >= 0.6 is 11.3 Å². The van der Waals surface area contributed by atoms with Gasteiger partial charge in [0.15, 0.2) is 0 Å². The Hall–Kier alpha value is -3.44. The molecule has 0 radical (unpaired) electrons. The lowest BCUT2D eigenvalue weighted by atomic mass is 9.81. The van der Waals surface area contributed by atoms with Crippen molar-refractivity contribution >= 4 is 23.3 Å². The number of rotatable bonds is 8. The molecule has 41 heavy (non-hydrogen) atoms. The molecular weight excluding hydrogens is 555 g/mol. The molecule has 11 heteroatoms. The number of hydrogen-bond donors (Lipinski definition) is 2. The van der Waals surface area contributed by atoms with Crippen LogP contribution < -0.4 is 0 Å². The van der Waals surface area contributed by atoms with Gasteiger partial charge in [0, 0.05) is 35.9 Å². The molecule has 1 fully saturated rings. The standard InChI is InChI=1S/C30H34F3N3O4S/c1-17(37)28(38)36(15-19-14-35(29(39)40)16-23(19)33)26(30(2,3)4)25-24(12-18-8-6-5-7-9-18)41-27(34-25)21-13-20(31)10-11-22(21)32/h5-11,13,17,19,23,26,37H,12,14-16H2,1-4H3,(H,39,40)/t17?,19?,23?,26-/m0/s1. The Balaban J connectivity index is 1.86. The molecule has 7 nitrogen and oxygen atoms in total. The summed E-state index contributed by atoms with van der Waals surface area (Å²) in [7, 11) is 0. The van der Waals surface area contributed by atoms with E-state index in [1.807, 2.05) is 51.1 Å². The van der Waals surface area contributed by atoms with Crippen molar-refractivity contribution in [1.29, 1.82) is 0 Å². The maximum atomic E-state index is 15.1. The Bertz CT molecular complexity index is 1390. The summed E-state index contributed by atoms with van der Waals surface area (Å²) in [4.78, 5) is 32.9. The van der Waals surface area contributed by atoms with E-state index in [1.165, 1.54) is 23.2 Å². The summed E-state index contributed by atoms with van der Waals surface area (Å²) in [6, 6.07) is 11.8. The number of carboxylic acid groups (broad SMARTS) is 1. The minimum Gasteiger partial charge on any atom is -0.465 e. The molecule has 0 spiro atoms. The summed E-state index contributed by atoms with van der Waals surface area (Å²) in [5, 5.41) is 20.0. The molecular formula is C30H34F3N3O4S. The first kappa shape index (κ1) is 30.5. The van der Waals surface area contributed by atoms with Crippen molar-refractivity contribution < 1.29 is 33.0 Å². The van der Waals surface area contributed by atoms with Gasteiger partial charge in [-0.3, -0.25) is 4.79 Å². The average molecular weight is 590 g/mol. The zero-order valence-electron chi connectivity index (χ0n) is 23.4. The van der Waals surface area contributed by atoms with Gasteiger partial charge in [-0.15, -0.1) is 11.3 Å². The van der Waals surface area contributed by atoms with Crippen LogP contribution in [0.15, 0.2) is 48.5 Å². The number of aliphatic hydroxyl groups excluding tert-OH is 1. The fourth-order valence-electron chi connectivity index (χ4n) is 5.26. The van der Waals surface area contributed by atoms with Crippen molar-refractivity contribution in [3.8, 4) is 10.6 Å². The van der Waals surface area contributed by atoms with Crippen molar-refractivity contribution in [3.05, 3.63) is 76.3 Å². The highest BCUT2D eigenvalue weighted by Crippen LogP contribution is 2.44. The number of aliphatic hydroxyl groups is 1. The second kappa shape index (κ2) is 12.2. The summed E-state index contributed by atoms with van der Waals surface area (Å²) in [6.07, 6.45) is -3.79. The van der Waals surface area contributed by atoms with Crippen LogP contribution in [0.2, 0.25) is 0 Å². The molecule has 1 aromatic heterocycles. The molecule has 2 aromatic carbocycles. The third-order valence-electron chi connectivity index (χ3n) is 7.19. The lowest BCUT2D eigenvalue weighted by molar-refractivity contribution is -0.145. The molecule has 0 saturated carbocycles. The van der Waals surface area contributed by atoms with E-state index in [9.17, 15) is 28.6 Å². The Morgan fingerprint density at radius 1 is 1.15 bits per heavy atom. The molecule has 0 bridgehead atoms. The van der Waals surface area contributed by atoms with Crippen molar-refractivity contribution in [1.82, 2.24) is 14.8 Å². The van der Waals surface area contributed by atoms with Crippen LogP contribution in [0.5, 0.6) is 0 Å². The predicted octanol–water partition coefficient (Wildman–Crippen LogP) is 5.92. The number of carbonyl (C=O) groups excluding carboxylic acids is 1. The molecule has 1 aliphatic rings. The molecule has 4 atom stereocenters. The summed E-state index contributed by atoms with van der Waals surface area (Å²) in [5.41, 5.74) is 0.635. The Kier molecular flexibility index (Phi) is 9.08. The summed E-state index contributed by atoms with van der Waals surface area (Å²) < 4.78 is 44.1. The number of amides is 2. The molecule has 4 rings (SSSR count). The zero-order valence-corrected chi connectivity index (χ0v) is 24.2. The van der Waals surface area contributed by atoms with Crippen molar-refractivity contribution in [2.45, 2.75) is 52.4 Å². The van der Waals surface area contributed by atoms with Gasteiger partial charge in [0.2, 0.25) is 0 Å². The average Bonchev–Trinajstić information content (AvgIpc) is 3.47. The third-order valence-corrected chi connectivity index (χ3v) is 8.29. The molecule has 1 aliphatic heterocycles. The number of alkyl halides is 1. The van der Waals surface area contributed by atoms with Gasteiger partial charge >= 0.3 is 6.09 Å². The maximum Gasteiger partial charge on any atom is 0.407 e. The zero-order chi connectivity index (χ0) is 30.1. The van der Waals surface area contributed by atoms with Gasteiger partial charge < -0.3 is 20.0 Å². The largest absolute Gasteiger partial charge is 0.465 e. The van der Waals surface area contributed by atoms with Gasteiger partial charge in [0.1, 0.15) is 28.9 Å². The number of carbonyl (C=O) groups is 2. The second-order valence-corrected chi connectivity index (χ2v) is 12.6. The van der Waals surface area contributed by atoms with Gasteiger partial charge in [-0.25, -0.2) is 22.9 Å². The summed E-state index contributed by atoms with van der Waals surface area (Å²) in [5.74, 6) is -2.76. The number of hydrogen-bond acceptors (Lipinski definition) is 5. The third kappa shape index (κ3) is 6.90. The quantitative estimate of drug-likeness (QED) is 0.340. The molecule has 0 aliphatic carbocycles. The van der Waals surface area contributed by atoms with Gasteiger partial charge in [0.25, 0.3) is 5.91 Å². The monoisotopic (exact) mass is 589 g/mol. The van der Waals surface area contributed by atoms with Crippen molar-refractivity contribution in [3.63, 3.8) is 0 Å². The van der Waals surface area contributed by atoms with Crippen LogP contribution in [0.4, 0.5) is 18.0 Å². The highest BCUT2D eigenvalue weighted by atomic mass is 32.1. The SMILES string of the molecule is CC(O)C(=O)N(CC1CN(C(=O)O)CC1F)[C@@H](c1nc(-c2cc(F)ccc2F)sc1Cc1ccccc1)C(C)(C)C. The van der Waals surface area contributed by atoms with E-state index in [4.69, 9.17) is 4.98 Å². The highest BCUT2D eigenvalue weighted by Gasteiger charge is 2.44. The molecule has 3 unspecified atom stereocenters. The number of nitrogens with zero attached hydrogens (tertiary/aromatic N) is 3. The minimum absolute atomic E-state index is 0.0201. The lowest BCUT2D eigenvalue weighted by Crippen LogP contribution is -2.48. The van der Waals surface area contributed by atoms with E-state index in [2.05, 4.69) is 0 Å². The van der Waals surface area contributed by atoms with Gasteiger partial charge in [0.05, 0.1) is 18.3 Å². The highest BCUT2D eigenvalue weighted by molar-refractivity contribution is 7.15. The van der Waals surface area contributed by atoms with Crippen LogP contribution in [0.3, 0.4) is 0 Å². The van der Waals surface area contributed by atoms with Gasteiger partial charge in [-0.05, 0) is 36.1 Å². The first-order valence-electron chi connectivity index (χ1n) is 13.4. The van der Waals surface area contributed by atoms with Crippen LogP contribution in [0, 0.1) is 23.0 Å². The summed E-state index contributed by atoms with van der Waals surface area (Å²) in [6.45, 7) is 6.36. The topological polar surface area (TPSA) is 94.0 Å². The molecule has 2 amide bonds. The van der Waals surface area contributed by atoms with E-state index in [0.717, 1.165) is 28.7 Å². The minimum atomic E-state index is -1.51.